The van der Waals surface area contributed by atoms with E-state index in [1.807, 2.05) is 0 Å². The van der Waals surface area contributed by atoms with Crippen LogP contribution in [0.4, 0.5) is 0 Å². The van der Waals surface area contributed by atoms with Crippen LogP contribution in [0.25, 0.3) is 0 Å². The van der Waals surface area contributed by atoms with Gasteiger partial charge in [-0.3, -0.25) is 4.90 Å². The molecular formula is C10H22N2O2. The molecule has 1 heterocycles. The largest absolute Gasteiger partial charge is 0.395 e. The number of nitrogens with zero attached hydrogens (tertiary/aromatic N) is 1. The van der Waals surface area contributed by atoms with Gasteiger partial charge in [0.15, 0.2) is 0 Å². The number of aliphatic hydroxyl groups excluding tert-OH is 1. The van der Waals surface area contributed by atoms with Crippen molar-refractivity contribution in [2.75, 3.05) is 39.9 Å². The highest BCUT2D eigenvalue weighted by Gasteiger charge is 2.23. The SMILES string of the molecule is CCNC(CO)CN1CCC(OC)C1. The molecule has 1 saturated heterocycles. The molecule has 4 nitrogen and oxygen atoms in total. The summed E-state index contributed by atoms with van der Waals surface area (Å²) in [6.45, 7) is 6.18. The first kappa shape index (κ1) is 11.9. The molecule has 0 aliphatic carbocycles. The summed E-state index contributed by atoms with van der Waals surface area (Å²) in [5, 5.41) is 12.4. The normalized spacial score (nSPS) is 25.5. The standard InChI is InChI=1S/C10H22N2O2/c1-3-11-9(8-13)6-12-5-4-10(7-12)14-2/h9-11,13H,3-8H2,1-2H3. The second kappa shape index (κ2) is 6.35. The Morgan fingerprint density at radius 2 is 2.43 bits per heavy atom. The smallest absolute Gasteiger partial charge is 0.0710 e. The van der Waals surface area contributed by atoms with E-state index in [0.717, 1.165) is 32.6 Å². The van der Waals surface area contributed by atoms with Crippen LogP contribution >= 0.6 is 0 Å². The second-order valence-electron chi connectivity index (χ2n) is 3.84. The van der Waals surface area contributed by atoms with E-state index in [2.05, 4.69) is 17.1 Å². The van der Waals surface area contributed by atoms with Crippen LogP contribution in [0, 0.1) is 0 Å². The third kappa shape index (κ3) is 3.53. The summed E-state index contributed by atoms with van der Waals surface area (Å²) in [5.41, 5.74) is 0. The van der Waals surface area contributed by atoms with E-state index >= 15 is 0 Å². The summed E-state index contributed by atoms with van der Waals surface area (Å²) >= 11 is 0. The van der Waals surface area contributed by atoms with E-state index in [0.29, 0.717) is 6.10 Å². The van der Waals surface area contributed by atoms with Crippen LogP contribution in [-0.2, 0) is 4.74 Å². The molecule has 0 aromatic carbocycles. The highest BCUT2D eigenvalue weighted by Crippen LogP contribution is 2.11. The first-order valence-electron chi connectivity index (χ1n) is 5.39. The van der Waals surface area contributed by atoms with E-state index in [9.17, 15) is 0 Å². The van der Waals surface area contributed by atoms with Crippen molar-refractivity contribution in [1.82, 2.24) is 10.2 Å². The first-order valence-corrected chi connectivity index (χ1v) is 5.39. The quantitative estimate of drug-likeness (QED) is 0.619. The minimum atomic E-state index is 0.204. The molecule has 0 spiro atoms. The zero-order chi connectivity index (χ0) is 10.4. The molecule has 2 unspecified atom stereocenters. The van der Waals surface area contributed by atoms with E-state index in [1.54, 1.807) is 7.11 Å². The molecule has 14 heavy (non-hydrogen) atoms. The Bertz CT molecular complexity index is 155. The van der Waals surface area contributed by atoms with Crippen LogP contribution < -0.4 is 5.32 Å². The monoisotopic (exact) mass is 202 g/mol. The Balaban J connectivity index is 2.22. The summed E-state index contributed by atoms with van der Waals surface area (Å²) in [6.07, 6.45) is 1.50. The molecule has 0 radical (unpaired) electrons. The van der Waals surface area contributed by atoms with Gasteiger partial charge in [-0.25, -0.2) is 0 Å². The van der Waals surface area contributed by atoms with E-state index in [1.165, 1.54) is 0 Å². The Morgan fingerprint density at radius 1 is 1.64 bits per heavy atom. The van der Waals surface area contributed by atoms with Gasteiger partial charge in [-0.1, -0.05) is 6.92 Å². The number of hydrogen-bond donors (Lipinski definition) is 2. The van der Waals surface area contributed by atoms with Gasteiger partial charge in [0, 0.05) is 32.8 Å². The molecule has 0 bridgehead atoms. The molecule has 0 aromatic rings. The molecule has 1 aliphatic rings. The Morgan fingerprint density at radius 3 is 2.93 bits per heavy atom. The van der Waals surface area contributed by atoms with Crippen LogP contribution in [0.1, 0.15) is 13.3 Å². The number of likely N-dealkylation sites (N-methyl/N-ethyl adjacent to an activating group) is 1. The van der Waals surface area contributed by atoms with Gasteiger partial charge in [-0.05, 0) is 13.0 Å². The Labute approximate surface area is 86.2 Å². The van der Waals surface area contributed by atoms with Crippen LogP contribution in [0.15, 0.2) is 0 Å². The lowest BCUT2D eigenvalue weighted by Crippen LogP contribution is -2.42. The molecular weight excluding hydrogens is 180 g/mol. The van der Waals surface area contributed by atoms with Gasteiger partial charge in [0.05, 0.1) is 12.7 Å². The Kier molecular flexibility index (Phi) is 5.40. The van der Waals surface area contributed by atoms with E-state index < -0.39 is 0 Å². The molecule has 1 rings (SSSR count). The average molecular weight is 202 g/mol. The molecule has 0 aromatic heterocycles. The number of nitrogens with one attached hydrogen (secondary N) is 1. The topological polar surface area (TPSA) is 44.7 Å². The maximum absolute atomic E-state index is 9.12. The predicted molar refractivity (Wildman–Crippen MR) is 56.4 cm³/mol. The molecule has 0 amide bonds. The third-order valence-electron chi connectivity index (χ3n) is 2.75. The van der Waals surface area contributed by atoms with Crippen molar-refractivity contribution in [3.8, 4) is 0 Å². The van der Waals surface area contributed by atoms with Crippen LogP contribution in [-0.4, -0.2) is 62.0 Å². The lowest BCUT2D eigenvalue weighted by Gasteiger charge is -2.22. The van der Waals surface area contributed by atoms with Crippen LogP contribution in [0.2, 0.25) is 0 Å². The molecule has 2 atom stereocenters. The first-order chi connectivity index (χ1) is 6.80. The highest BCUT2D eigenvalue weighted by atomic mass is 16.5. The number of ether oxygens (including phenoxy) is 1. The Hall–Kier alpha value is -0.160. The van der Waals surface area contributed by atoms with Crippen molar-refractivity contribution in [3.05, 3.63) is 0 Å². The summed E-state index contributed by atoms with van der Waals surface area (Å²) < 4.78 is 5.29. The number of hydrogen-bond acceptors (Lipinski definition) is 4. The molecule has 4 heteroatoms. The minimum absolute atomic E-state index is 0.204. The minimum Gasteiger partial charge on any atom is -0.395 e. The summed E-state index contributed by atoms with van der Waals surface area (Å²) in [6, 6.07) is 0.204. The number of rotatable bonds is 6. The van der Waals surface area contributed by atoms with Gasteiger partial charge < -0.3 is 15.2 Å². The number of aliphatic hydroxyl groups is 1. The lowest BCUT2D eigenvalue weighted by molar-refractivity contribution is 0.104. The highest BCUT2D eigenvalue weighted by molar-refractivity contribution is 4.79. The second-order valence-corrected chi connectivity index (χ2v) is 3.84. The van der Waals surface area contributed by atoms with Gasteiger partial charge in [0.25, 0.3) is 0 Å². The van der Waals surface area contributed by atoms with Crippen LogP contribution in [0.5, 0.6) is 0 Å². The van der Waals surface area contributed by atoms with Gasteiger partial charge in [0.2, 0.25) is 0 Å². The molecule has 0 saturated carbocycles. The fraction of sp³-hybridized carbons (Fsp3) is 1.00. The molecule has 84 valence electrons. The number of likely N-dealkylation sites (tertiary alicyclic amines) is 1. The van der Waals surface area contributed by atoms with Crippen molar-refractivity contribution in [1.29, 1.82) is 0 Å². The summed E-state index contributed by atoms with van der Waals surface area (Å²) in [7, 11) is 1.77. The molecule has 1 aliphatic heterocycles. The van der Waals surface area contributed by atoms with Crippen molar-refractivity contribution in [2.45, 2.75) is 25.5 Å². The number of methoxy groups -OCH3 is 1. The maximum atomic E-state index is 9.12. The molecule has 1 fully saturated rings. The van der Waals surface area contributed by atoms with Gasteiger partial charge in [0.1, 0.15) is 0 Å². The average Bonchev–Trinajstić information content (AvgIpc) is 2.65. The van der Waals surface area contributed by atoms with Crippen molar-refractivity contribution >= 4 is 0 Å². The summed E-state index contributed by atoms with van der Waals surface area (Å²) in [4.78, 5) is 2.34. The van der Waals surface area contributed by atoms with Gasteiger partial charge >= 0.3 is 0 Å². The summed E-state index contributed by atoms with van der Waals surface area (Å²) in [5.74, 6) is 0. The lowest BCUT2D eigenvalue weighted by atomic mass is 10.3. The zero-order valence-electron chi connectivity index (χ0n) is 9.20. The van der Waals surface area contributed by atoms with Crippen LogP contribution in [0.3, 0.4) is 0 Å². The zero-order valence-corrected chi connectivity index (χ0v) is 9.20. The fourth-order valence-electron chi connectivity index (χ4n) is 1.94. The van der Waals surface area contributed by atoms with Gasteiger partial charge in [-0.2, -0.15) is 0 Å². The fourth-order valence-corrected chi connectivity index (χ4v) is 1.94. The molecule has 2 N–H and O–H groups in total. The van der Waals surface area contributed by atoms with E-state index in [-0.39, 0.29) is 12.6 Å². The van der Waals surface area contributed by atoms with Crippen molar-refractivity contribution < 1.29 is 9.84 Å². The predicted octanol–water partition coefficient (Wildman–Crippen LogP) is -0.322. The van der Waals surface area contributed by atoms with Crippen molar-refractivity contribution in [2.24, 2.45) is 0 Å². The maximum Gasteiger partial charge on any atom is 0.0710 e. The third-order valence-corrected chi connectivity index (χ3v) is 2.75. The van der Waals surface area contributed by atoms with E-state index in [4.69, 9.17) is 9.84 Å². The van der Waals surface area contributed by atoms with Crippen molar-refractivity contribution in [3.63, 3.8) is 0 Å². The van der Waals surface area contributed by atoms with Gasteiger partial charge in [-0.15, -0.1) is 0 Å².